The molecule has 3 N–H and O–H groups in total. The molecule has 1 amide bonds. The molecule has 0 aliphatic rings. The first-order valence-corrected chi connectivity index (χ1v) is 27.9. The van der Waals surface area contributed by atoms with Crippen LogP contribution < -0.4 is 5.32 Å². The van der Waals surface area contributed by atoms with E-state index in [9.17, 15) is 19.4 Å². The second kappa shape index (κ2) is 44.9. The van der Waals surface area contributed by atoms with Gasteiger partial charge in [-0.2, -0.15) is 0 Å². The smallest absolute Gasteiger partial charge is 0.387 e. The zero-order valence-electron chi connectivity index (χ0n) is 41.6. The fraction of sp³-hybridized carbons (Fsp3) is 0.868. The van der Waals surface area contributed by atoms with E-state index in [1.807, 2.05) is 27.2 Å². The van der Waals surface area contributed by atoms with Crippen molar-refractivity contribution >= 4 is 13.7 Å². The molecule has 0 fully saturated rings. The Morgan fingerprint density at radius 2 is 0.919 bits per heavy atom. The van der Waals surface area contributed by atoms with Crippen LogP contribution in [-0.2, 0) is 18.4 Å². The number of phosphoric ester groups is 1. The first-order valence-electron chi connectivity index (χ1n) is 26.4. The van der Waals surface area contributed by atoms with Gasteiger partial charge in [0.05, 0.1) is 39.9 Å². The molecule has 366 valence electrons. The van der Waals surface area contributed by atoms with E-state index in [4.69, 9.17) is 9.05 Å². The minimum atomic E-state index is -4.34. The number of likely N-dealkylation sites (N-methyl/N-ethyl adjacent to an activating group) is 1. The Bertz CT molecular complexity index is 1110. The maximum Gasteiger partial charge on any atom is 0.472 e. The number of rotatable bonds is 48. The molecule has 3 unspecified atom stereocenters. The van der Waals surface area contributed by atoms with Gasteiger partial charge in [-0.1, -0.05) is 224 Å². The van der Waals surface area contributed by atoms with Crippen molar-refractivity contribution < 1.29 is 32.9 Å². The molecule has 0 rings (SSSR count). The Morgan fingerprint density at radius 3 is 1.32 bits per heavy atom. The van der Waals surface area contributed by atoms with E-state index in [0.29, 0.717) is 17.4 Å². The minimum absolute atomic E-state index is 0.0624. The molecule has 0 saturated heterocycles. The molecule has 0 aliphatic carbocycles. The van der Waals surface area contributed by atoms with Gasteiger partial charge in [0, 0.05) is 6.42 Å². The van der Waals surface area contributed by atoms with E-state index >= 15 is 0 Å². The SMILES string of the molecule is CCCCCCC/C=C\C/C=C\CCCCCCCCCCCCCCCCCCCC(=O)NC(COP(=O)(O)OCC[N+](C)(C)C)C(O)/C=C/CCCCCCCCCCC. The molecular formula is C53H104N2O6P+. The van der Waals surface area contributed by atoms with Crippen molar-refractivity contribution in [3.63, 3.8) is 0 Å². The van der Waals surface area contributed by atoms with Crippen molar-refractivity contribution in [3.8, 4) is 0 Å². The summed E-state index contributed by atoms with van der Waals surface area (Å²) in [5.41, 5.74) is 0. The van der Waals surface area contributed by atoms with Crippen molar-refractivity contribution in [3.05, 3.63) is 36.5 Å². The number of nitrogens with zero attached hydrogens (tertiary/aromatic N) is 1. The first kappa shape index (κ1) is 60.7. The van der Waals surface area contributed by atoms with E-state index < -0.39 is 20.0 Å². The predicted molar refractivity (Wildman–Crippen MR) is 268 cm³/mol. The van der Waals surface area contributed by atoms with Crippen LogP contribution >= 0.6 is 7.82 Å². The molecule has 0 aliphatic heterocycles. The van der Waals surface area contributed by atoms with Gasteiger partial charge >= 0.3 is 7.82 Å². The van der Waals surface area contributed by atoms with Crippen molar-refractivity contribution in [2.24, 2.45) is 0 Å². The summed E-state index contributed by atoms with van der Waals surface area (Å²) in [6, 6.07) is -0.843. The second-order valence-electron chi connectivity index (χ2n) is 19.3. The van der Waals surface area contributed by atoms with E-state index in [-0.39, 0.29) is 19.1 Å². The fourth-order valence-corrected chi connectivity index (χ4v) is 8.40. The number of carbonyl (C=O) groups is 1. The van der Waals surface area contributed by atoms with Crippen LogP contribution in [0.2, 0.25) is 0 Å². The van der Waals surface area contributed by atoms with E-state index in [2.05, 4.69) is 43.5 Å². The summed E-state index contributed by atoms with van der Waals surface area (Å²) in [5.74, 6) is -0.176. The van der Waals surface area contributed by atoms with Gasteiger partial charge in [0.2, 0.25) is 5.91 Å². The summed E-state index contributed by atoms with van der Waals surface area (Å²) in [6.45, 7) is 4.80. The maximum atomic E-state index is 12.9. The molecule has 0 spiro atoms. The summed E-state index contributed by atoms with van der Waals surface area (Å²) in [7, 11) is 1.58. The summed E-state index contributed by atoms with van der Waals surface area (Å²) >= 11 is 0. The van der Waals surface area contributed by atoms with Gasteiger partial charge in [-0.25, -0.2) is 4.57 Å². The van der Waals surface area contributed by atoms with Gasteiger partial charge in [-0.05, 0) is 51.4 Å². The number of carbonyl (C=O) groups excluding carboxylic acids is 1. The molecule has 0 heterocycles. The summed E-state index contributed by atoms with van der Waals surface area (Å²) in [4.78, 5) is 23.2. The van der Waals surface area contributed by atoms with Crippen molar-refractivity contribution in [1.82, 2.24) is 5.32 Å². The quantitative estimate of drug-likeness (QED) is 0.0243. The molecule has 9 heteroatoms. The monoisotopic (exact) mass is 896 g/mol. The fourth-order valence-electron chi connectivity index (χ4n) is 7.66. The number of nitrogens with one attached hydrogen (secondary N) is 1. The van der Waals surface area contributed by atoms with Gasteiger partial charge in [-0.15, -0.1) is 0 Å². The van der Waals surface area contributed by atoms with E-state index in [1.165, 1.54) is 180 Å². The van der Waals surface area contributed by atoms with Crippen LogP contribution in [0, 0.1) is 0 Å². The minimum Gasteiger partial charge on any atom is -0.387 e. The Morgan fingerprint density at radius 1 is 0.548 bits per heavy atom. The zero-order chi connectivity index (χ0) is 45.7. The maximum absolute atomic E-state index is 12.9. The first-order chi connectivity index (χ1) is 30.0. The van der Waals surface area contributed by atoms with Crippen LogP contribution in [0.5, 0.6) is 0 Å². The van der Waals surface area contributed by atoms with Crippen LogP contribution in [0.1, 0.15) is 245 Å². The average molecular weight is 896 g/mol. The molecule has 0 aromatic rings. The highest BCUT2D eigenvalue weighted by Gasteiger charge is 2.27. The second-order valence-corrected chi connectivity index (χ2v) is 20.7. The van der Waals surface area contributed by atoms with Gasteiger partial charge in [0.15, 0.2) is 0 Å². The van der Waals surface area contributed by atoms with E-state index in [0.717, 1.165) is 44.9 Å². The molecule has 8 nitrogen and oxygen atoms in total. The van der Waals surface area contributed by atoms with Crippen molar-refractivity contribution in [1.29, 1.82) is 0 Å². The van der Waals surface area contributed by atoms with E-state index in [1.54, 1.807) is 6.08 Å². The van der Waals surface area contributed by atoms with Gasteiger partial charge < -0.3 is 19.8 Å². The highest BCUT2D eigenvalue weighted by molar-refractivity contribution is 7.47. The number of aliphatic hydroxyl groups excluding tert-OH is 1. The van der Waals surface area contributed by atoms with Crippen LogP contribution in [-0.4, -0.2) is 73.4 Å². The molecule has 62 heavy (non-hydrogen) atoms. The van der Waals surface area contributed by atoms with Crippen LogP contribution in [0.4, 0.5) is 0 Å². The lowest BCUT2D eigenvalue weighted by Crippen LogP contribution is -2.45. The van der Waals surface area contributed by atoms with Crippen LogP contribution in [0.25, 0.3) is 0 Å². The Kier molecular flexibility index (Phi) is 44.0. The summed E-state index contributed by atoms with van der Waals surface area (Å²) in [5, 5.41) is 13.8. The molecule has 3 atom stereocenters. The number of phosphoric acid groups is 1. The van der Waals surface area contributed by atoms with Gasteiger partial charge in [0.1, 0.15) is 13.2 Å². The van der Waals surface area contributed by atoms with Gasteiger partial charge in [-0.3, -0.25) is 13.8 Å². The topological polar surface area (TPSA) is 105 Å². The van der Waals surface area contributed by atoms with Crippen LogP contribution in [0.15, 0.2) is 36.5 Å². The molecular weight excluding hydrogens is 792 g/mol. The average Bonchev–Trinajstić information content (AvgIpc) is 3.23. The Labute approximate surface area is 385 Å². The number of hydrogen-bond acceptors (Lipinski definition) is 5. The highest BCUT2D eigenvalue weighted by atomic mass is 31.2. The Balaban J connectivity index is 4.06. The number of quaternary nitrogens is 1. The largest absolute Gasteiger partial charge is 0.472 e. The molecule has 0 aromatic heterocycles. The van der Waals surface area contributed by atoms with Crippen LogP contribution in [0.3, 0.4) is 0 Å². The zero-order valence-corrected chi connectivity index (χ0v) is 42.5. The lowest BCUT2D eigenvalue weighted by molar-refractivity contribution is -0.870. The summed E-state index contributed by atoms with van der Waals surface area (Å²) < 4.78 is 23.6. The third-order valence-corrected chi connectivity index (χ3v) is 12.8. The number of allylic oxidation sites excluding steroid dienone is 5. The number of hydrogen-bond donors (Lipinski definition) is 3. The standard InChI is InChI=1S/C53H103N2O6P/c1-6-8-10-12-14-16-18-19-20-21-22-23-24-25-26-27-28-29-30-31-32-33-34-35-37-39-41-43-45-47-53(57)54-51(50-61-62(58,59)60-49-48-55(3,4)5)52(56)46-44-42-40-38-36-17-15-13-11-9-7-2/h18-19,21-22,44,46,51-52,56H,6-17,20,23-43,45,47-50H2,1-5H3,(H-,54,57,58,59)/p+1/b19-18-,22-21-,46-44+. The lowest BCUT2D eigenvalue weighted by atomic mass is 10.0. The number of aliphatic hydroxyl groups is 1. The predicted octanol–water partition coefficient (Wildman–Crippen LogP) is 15.4. The molecule has 0 bridgehead atoms. The number of unbranched alkanes of at least 4 members (excludes halogenated alkanes) is 31. The van der Waals surface area contributed by atoms with Crippen molar-refractivity contribution in [2.75, 3.05) is 40.9 Å². The highest BCUT2D eigenvalue weighted by Crippen LogP contribution is 2.43. The Hall–Kier alpha value is -1.28. The molecule has 0 radical (unpaired) electrons. The normalized spacial score (nSPS) is 14.4. The van der Waals surface area contributed by atoms with Gasteiger partial charge in [0.25, 0.3) is 0 Å². The van der Waals surface area contributed by atoms with Crippen molar-refractivity contribution in [2.45, 2.75) is 257 Å². The molecule has 0 aromatic carbocycles. The number of amides is 1. The summed E-state index contributed by atoms with van der Waals surface area (Å²) in [6.07, 6.45) is 56.7. The third kappa shape index (κ3) is 46.7. The lowest BCUT2D eigenvalue weighted by Gasteiger charge is -2.25. The molecule has 0 saturated carbocycles. The third-order valence-electron chi connectivity index (χ3n) is 11.9.